The highest BCUT2D eigenvalue weighted by Crippen LogP contribution is 2.15. The molecule has 0 spiro atoms. The molecule has 0 saturated carbocycles. The maximum atomic E-state index is 10.3. The summed E-state index contributed by atoms with van der Waals surface area (Å²) in [4.78, 5) is 1.38. The predicted molar refractivity (Wildman–Crippen MR) is 91.6 cm³/mol. The molecule has 0 fully saturated rings. The van der Waals surface area contributed by atoms with E-state index in [0.717, 1.165) is 17.9 Å². The van der Waals surface area contributed by atoms with Crippen molar-refractivity contribution in [2.24, 2.45) is 0 Å². The lowest BCUT2D eigenvalue weighted by molar-refractivity contribution is -0.909. The van der Waals surface area contributed by atoms with Gasteiger partial charge in [-0.2, -0.15) is 0 Å². The molecule has 0 aromatic heterocycles. The summed E-state index contributed by atoms with van der Waals surface area (Å²) in [5, 5.41) is 12.5. The largest absolute Gasteiger partial charge is 0.497 e. The molecule has 4 nitrogen and oxygen atoms in total. The first-order valence-electron chi connectivity index (χ1n) is 8.10. The molecule has 23 heavy (non-hydrogen) atoms. The molecule has 0 saturated heterocycles. The normalized spacial score (nSPS) is 13.8. The minimum absolute atomic E-state index is 0.379. The first-order chi connectivity index (χ1) is 11.1. The van der Waals surface area contributed by atoms with E-state index in [1.807, 2.05) is 42.5 Å². The van der Waals surface area contributed by atoms with Gasteiger partial charge in [0.25, 0.3) is 0 Å². The Morgan fingerprint density at radius 3 is 2.17 bits per heavy atom. The summed E-state index contributed by atoms with van der Waals surface area (Å²) >= 11 is 0. The highest BCUT2D eigenvalue weighted by molar-refractivity contribution is 5.28. The van der Waals surface area contributed by atoms with Crippen molar-refractivity contribution in [1.82, 2.24) is 0 Å². The number of methoxy groups -OCH3 is 1. The van der Waals surface area contributed by atoms with Crippen LogP contribution in [-0.2, 0) is 0 Å². The van der Waals surface area contributed by atoms with Crippen molar-refractivity contribution in [3.63, 3.8) is 0 Å². The van der Waals surface area contributed by atoms with Gasteiger partial charge in [0.1, 0.15) is 24.9 Å². The Morgan fingerprint density at radius 2 is 1.61 bits per heavy atom. The fourth-order valence-electron chi connectivity index (χ4n) is 2.77. The first kappa shape index (κ1) is 17.5. The number of aliphatic hydroxyl groups is 1. The van der Waals surface area contributed by atoms with Crippen LogP contribution in [-0.4, -0.2) is 39.4 Å². The molecule has 0 aliphatic carbocycles. The number of quaternary nitrogens is 2. The number of benzene rings is 2. The minimum atomic E-state index is -0.426. The summed E-state index contributed by atoms with van der Waals surface area (Å²) in [7, 11) is 6.01. The maximum Gasteiger partial charge on any atom is 0.162 e. The van der Waals surface area contributed by atoms with Crippen LogP contribution in [0.25, 0.3) is 0 Å². The zero-order valence-corrected chi connectivity index (χ0v) is 14.2. The van der Waals surface area contributed by atoms with E-state index in [0.29, 0.717) is 12.6 Å². The van der Waals surface area contributed by atoms with Crippen LogP contribution in [0.4, 0.5) is 0 Å². The van der Waals surface area contributed by atoms with E-state index in [1.165, 1.54) is 10.5 Å². The van der Waals surface area contributed by atoms with Gasteiger partial charge in [0.05, 0.1) is 21.2 Å². The number of hydrogen-bond donors (Lipinski definition) is 3. The van der Waals surface area contributed by atoms with Crippen LogP contribution >= 0.6 is 0 Å². The molecule has 4 N–H and O–H groups in total. The summed E-state index contributed by atoms with van der Waals surface area (Å²) in [6, 6.07) is 18.5. The molecule has 2 aromatic rings. The van der Waals surface area contributed by atoms with Crippen LogP contribution in [0.1, 0.15) is 23.3 Å². The fraction of sp³-hybridized carbons (Fsp3) is 0.368. The van der Waals surface area contributed by atoms with Crippen molar-refractivity contribution < 1.29 is 20.1 Å². The van der Waals surface area contributed by atoms with Crippen LogP contribution < -0.4 is 15.0 Å². The fourth-order valence-corrected chi connectivity index (χ4v) is 2.77. The van der Waals surface area contributed by atoms with Gasteiger partial charge in [0.15, 0.2) is 6.04 Å². The molecule has 0 bridgehead atoms. The standard InChI is InChI=1S/C19H26N2O2/c1-21(2)18(15-9-11-17(23-3)12-10-15)13-20-14-19(22)16-7-5-4-6-8-16/h4-12,18-20,22H,13-14H2,1-3H3/p+2/t18-,19-/m1/s1. The molecule has 0 unspecified atom stereocenters. The lowest BCUT2D eigenvalue weighted by atomic mass is 10.1. The number of hydrogen-bond acceptors (Lipinski definition) is 2. The van der Waals surface area contributed by atoms with Gasteiger partial charge in [-0.1, -0.05) is 30.3 Å². The minimum Gasteiger partial charge on any atom is -0.497 e. The SMILES string of the molecule is COc1ccc([C@@H](C[NH2+]C[C@@H](O)c2ccccc2)[NH+](C)C)cc1. The van der Waals surface area contributed by atoms with Gasteiger partial charge in [-0.3, -0.25) is 0 Å². The van der Waals surface area contributed by atoms with Crippen molar-refractivity contribution in [1.29, 1.82) is 0 Å². The lowest BCUT2D eigenvalue weighted by Crippen LogP contribution is -3.09. The summed E-state index contributed by atoms with van der Waals surface area (Å²) in [5.41, 5.74) is 2.26. The summed E-state index contributed by atoms with van der Waals surface area (Å²) in [5.74, 6) is 0.879. The molecule has 2 aromatic carbocycles. The Morgan fingerprint density at radius 1 is 0.957 bits per heavy atom. The van der Waals surface area contributed by atoms with Gasteiger partial charge in [0.2, 0.25) is 0 Å². The molecule has 4 heteroatoms. The Balaban J connectivity index is 1.92. The number of ether oxygens (including phenoxy) is 1. The number of rotatable bonds is 8. The summed E-state index contributed by atoms with van der Waals surface area (Å²) in [6.45, 7) is 1.60. The lowest BCUT2D eigenvalue weighted by Gasteiger charge is -2.21. The zero-order chi connectivity index (χ0) is 16.7. The van der Waals surface area contributed by atoms with E-state index >= 15 is 0 Å². The van der Waals surface area contributed by atoms with Crippen molar-refractivity contribution in [2.45, 2.75) is 12.1 Å². The Kier molecular flexibility index (Phi) is 6.59. The molecule has 2 rings (SSSR count). The number of likely N-dealkylation sites (N-methyl/N-ethyl adjacent to an activating group) is 1. The number of nitrogens with one attached hydrogen (secondary N) is 1. The van der Waals surface area contributed by atoms with Gasteiger partial charge in [0, 0.05) is 5.56 Å². The van der Waals surface area contributed by atoms with Gasteiger partial charge in [-0.15, -0.1) is 0 Å². The predicted octanol–water partition coefficient (Wildman–Crippen LogP) is 0.178. The highest BCUT2D eigenvalue weighted by Gasteiger charge is 2.20. The second-order valence-corrected chi connectivity index (χ2v) is 6.09. The van der Waals surface area contributed by atoms with Crippen LogP contribution in [0.3, 0.4) is 0 Å². The average Bonchev–Trinajstić information content (AvgIpc) is 2.59. The molecular formula is C19H28N2O2+2. The van der Waals surface area contributed by atoms with Gasteiger partial charge >= 0.3 is 0 Å². The second-order valence-electron chi connectivity index (χ2n) is 6.09. The maximum absolute atomic E-state index is 10.3. The quantitative estimate of drug-likeness (QED) is 0.651. The Labute approximate surface area is 138 Å². The van der Waals surface area contributed by atoms with Crippen LogP contribution in [0, 0.1) is 0 Å². The molecule has 2 atom stereocenters. The summed E-state index contributed by atoms with van der Waals surface area (Å²) in [6.07, 6.45) is -0.426. The molecule has 0 aliphatic heterocycles. The first-order valence-corrected chi connectivity index (χ1v) is 8.10. The Hall–Kier alpha value is -1.88. The molecule has 0 amide bonds. The van der Waals surface area contributed by atoms with E-state index in [-0.39, 0.29) is 0 Å². The van der Waals surface area contributed by atoms with Crippen LogP contribution in [0.5, 0.6) is 5.75 Å². The third kappa shape index (κ3) is 5.06. The van der Waals surface area contributed by atoms with E-state index in [1.54, 1.807) is 7.11 Å². The second kappa shape index (κ2) is 8.67. The topological polar surface area (TPSA) is 50.5 Å². The highest BCUT2D eigenvalue weighted by atomic mass is 16.5. The van der Waals surface area contributed by atoms with Crippen LogP contribution in [0.2, 0.25) is 0 Å². The van der Waals surface area contributed by atoms with E-state index < -0.39 is 6.10 Å². The Bertz CT molecular complexity index is 570. The van der Waals surface area contributed by atoms with E-state index in [2.05, 4.69) is 31.5 Å². The third-order valence-electron chi connectivity index (χ3n) is 4.19. The van der Waals surface area contributed by atoms with E-state index in [4.69, 9.17) is 4.74 Å². The molecule has 0 radical (unpaired) electrons. The summed E-state index contributed by atoms with van der Waals surface area (Å²) < 4.78 is 5.22. The van der Waals surface area contributed by atoms with Crippen molar-refractivity contribution >= 4 is 0 Å². The smallest absolute Gasteiger partial charge is 0.162 e. The number of aliphatic hydroxyl groups excluding tert-OH is 1. The van der Waals surface area contributed by atoms with Crippen LogP contribution in [0.15, 0.2) is 54.6 Å². The number of nitrogens with two attached hydrogens (primary N) is 1. The van der Waals surface area contributed by atoms with Crippen molar-refractivity contribution in [3.8, 4) is 5.75 Å². The zero-order valence-electron chi connectivity index (χ0n) is 14.2. The van der Waals surface area contributed by atoms with Gasteiger partial charge in [-0.05, 0) is 29.8 Å². The average molecular weight is 316 g/mol. The third-order valence-corrected chi connectivity index (χ3v) is 4.19. The monoisotopic (exact) mass is 316 g/mol. The van der Waals surface area contributed by atoms with Crippen molar-refractivity contribution in [2.75, 3.05) is 34.3 Å². The van der Waals surface area contributed by atoms with E-state index in [9.17, 15) is 5.11 Å². The van der Waals surface area contributed by atoms with Gasteiger partial charge < -0.3 is 20.1 Å². The molecular weight excluding hydrogens is 288 g/mol. The van der Waals surface area contributed by atoms with Gasteiger partial charge in [-0.25, -0.2) is 0 Å². The molecule has 124 valence electrons. The van der Waals surface area contributed by atoms with Crippen molar-refractivity contribution in [3.05, 3.63) is 65.7 Å². The molecule has 0 heterocycles. The molecule has 0 aliphatic rings.